The summed E-state index contributed by atoms with van der Waals surface area (Å²) in [6.45, 7) is 1.58. The standard InChI is InChI=1S/C13H18ClNO2/c14-12-9-10(15)5-6-13(12)17-8-2-4-11-3-1-7-16-11/h5-6,9,11H,1-4,7-8,15H2. The van der Waals surface area contributed by atoms with Crippen LogP contribution >= 0.6 is 11.6 Å². The molecule has 0 bridgehead atoms. The highest BCUT2D eigenvalue weighted by molar-refractivity contribution is 6.32. The molecule has 0 spiro atoms. The largest absolute Gasteiger partial charge is 0.492 e. The summed E-state index contributed by atoms with van der Waals surface area (Å²) in [5.41, 5.74) is 6.26. The van der Waals surface area contributed by atoms with E-state index in [2.05, 4.69) is 0 Å². The topological polar surface area (TPSA) is 44.5 Å². The summed E-state index contributed by atoms with van der Waals surface area (Å²) >= 11 is 6.01. The number of halogens is 1. The molecule has 1 unspecified atom stereocenters. The molecule has 0 amide bonds. The summed E-state index contributed by atoms with van der Waals surface area (Å²) in [6, 6.07) is 5.31. The predicted molar refractivity (Wildman–Crippen MR) is 69.6 cm³/mol. The fourth-order valence-corrected chi connectivity index (χ4v) is 2.24. The van der Waals surface area contributed by atoms with Crippen LogP contribution in [0.5, 0.6) is 5.75 Å². The zero-order valence-corrected chi connectivity index (χ0v) is 10.6. The van der Waals surface area contributed by atoms with Gasteiger partial charge in [-0.25, -0.2) is 0 Å². The molecule has 0 aliphatic carbocycles. The van der Waals surface area contributed by atoms with Gasteiger partial charge in [-0.2, -0.15) is 0 Å². The Kier molecular flexibility index (Phi) is 4.51. The van der Waals surface area contributed by atoms with Crippen LogP contribution < -0.4 is 10.5 Å². The normalized spacial score (nSPS) is 19.5. The van der Waals surface area contributed by atoms with Crippen LogP contribution in [0.2, 0.25) is 5.02 Å². The van der Waals surface area contributed by atoms with Crippen molar-refractivity contribution in [2.45, 2.75) is 31.8 Å². The second kappa shape index (κ2) is 6.12. The number of hydrogen-bond donors (Lipinski definition) is 1. The van der Waals surface area contributed by atoms with Gasteiger partial charge in [0.25, 0.3) is 0 Å². The number of nitrogen functional groups attached to an aromatic ring is 1. The Labute approximate surface area is 107 Å². The minimum Gasteiger partial charge on any atom is -0.492 e. The summed E-state index contributed by atoms with van der Waals surface area (Å²) in [5.74, 6) is 0.702. The van der Waals surface area contributed by atoms with Gasteiger partial charge in [-0.15, -0.1) is 0 Å². The highest BCUT2D eigenvalue weighted by atomic mass is 35.5. The van der Waals surface area contributed by atoms with Gasteiger partial charge in [0, 0.05) is 12.3 Å². The molecule has 17 heavy (non-hydrogen) atoms. The molecule has 94 valence electrons. The molecule has 0 saturated carbocycles. The van der Waals surface area contributed by atoms with Gasteiger partial charge in [0.15, 0.2) is 0 Å². The van der Waals surface area contributed by atoms with Crippen LogP contribution in [0.4, 0.5) is 5.69 Å². The third-order valence-corrected chi connectivity index (χ3v) is 3.20. The van der Waals surface area contributed by atoms with E-state index in [1.165, 1.54) is 12.8 Å². The van der Waals surface area contributed by atoms with Crippen molar-refractivity contribution in [3.05, 3.63) is 23.2 Å². The van der Waals surface area contributed by atoms with E-state index in [0.29, 0.717) is 29.2 Å². The number of nitrogens with two attached hydrogens (primary N) is 1. The Balaban J connectivity index is 1.70. The molecular formula is C13H18ClNO2. The van der Waals surface area contributed by atoms with Crippen molar-refractivity contribution in [1.29, 1.82) is 0 Å². The monoisotopic (exact) mass is 255 g/mol. The van der Waals surface area contributed by atoms with Crippen molar-refractivity contribution < 1.29 is 9.47 Å². The van der Waals surface area contributed by atoms with Crippen LogP contribution in [0.1, 0.15) is 25.7 Å². The molecule has 0 radical (unpaired) electrons. The van der Waals surface area contributed by atoms with Crippen LogP contribution in [0, 0.1) is 0 Å². The van der Waals surface area contributed by atoms with Gasteiger partial charge in [0.05, 0.1) is 17.7 Å². The van der Waals surface area contributed by atoms with Crippen molar-refractivity contribution in [2.24, 2.45) is 0 Å². The number of anilines is 1. The first-order chi connectivity index (χ1) is 8.25. The average molecular weight is 256 g/mol. The molecule has 1 aliphatic heterocycles. The number of hydrogen-bond acceptors (Lipinski definition) is 3. The Hall–Kier alpha value is -0.930. The van der Waals surface area contributed by atoms with Crippen molar-refractivity contribution in [3.8, 4) is 5.75 Å². The van der Waals surface area contributed by atoms with Crippen LogP contribution in [0.3, 0.4) is 0 Å². The zero-order chi connectivity index (χ0) is 12.1. The lowest BCUT2D eigenvalue weighted by Gasteiger charge is -2.11. The van der Waals surface area contributed by atoms with E-state index in [0.717, 1.165) is 19.4 Å². The zero-order valence-electron chi connectivity index (χ0n) is 9.82. The lowest BCUT2D eigenvalue weighted by atomic mass is 10.1. The maximum Gasteiger partial charge on any atom is 0.138 e. The lowest BCUT2D eigenvalue weighted by molar-refractivity contribution is 0.0981. The van der Waals surface area contributed by atoms with Crippen LogP contribution in [0.15, 0.2) is 18.2 Å². The molecule has 1 atom stereocenters. The average Bonchev–Trinajstić information content (AvgIpc) is 2.79. The van der Waals surface area contributed by atoms with Gasteiger partial charge < -0.3 is 15.2 Å². The second-order valence-corrected chi connectivity index (χ2v) is 4.72. The Morgan fingerprint density at radius 3 is 3.06 bits per heavy atom. The first-order valence-corrected chi connectivity index (χ1v) is 6.43. The van der Waals surface area contributed by atoms with E-state index in [-0.39, 0.29) is 0 Å². The Morgan fingerprint density at radius 2 is 2.35 bits per heavy atom. The predicted octanol–water partition coefficient (Wildman–Crippen LogP) is 3.26. The first kappa shape index (κ1) is 12.5. The highest BCUT2D eigenvalue weighted by Crippen LogP contribution is 2.26. The molecule has 1 fully saturated rings. The molecule has 4 heteroatoms. The lowest BCUT2D eigenvalue weighted by Crippen LogP contribution is -2.07. The van der Waals surface area contributed by atoms with E-state index in [1.54, 1.807) is 12.1 Å². The molecular weight excluding hydrogens is 238 g/mol. The van der Waals surface area contributed by atoms with Crippen molar-refractivity contribution in [1.82, 2.24) is 0 Å². The van der Waals surface area contributed by atoms with Gasteiger partial charge >= 0.3 is 0 Å². The minimum atomic E-state index is 0.431. The summed E-state index contributed by atoms with van der Waals surface area (Å²) in [7, 11) is 0. The molecule has 1 aromatic rings. The number of rotatable bonds is 5. The minimum absolute atomic E-state index is 0.431. The Morgan fingerprint density at radius 1 is 1.47 bits per heavy atom. The van der Waals surface area contributed by atoms with E-state index < -0.39 is 0 Å². The smallest absolute Gasteiger partial charge is 0.138 e. The molecule has 1 aliphatic rings. The van der Waals surface area contributed by atoms with Crippen molar-refractivity contribution in [2.75, 3.05) is 18.9 Å². The first-order valence-electron chi connectivity index (χ1n) is 6.05. The number of benzene rings is 1. The van der Waals surface area contributed by atoms with Crippen LogP contribution in [-0.2, 0) is 4.74 Å². The SMILES string of the molecule is Nc1ccc(OCCCC2CCCO2)c(Cl)c1. The molecule has 1 heterocycles. The molecule has 2 N–H and O–H groups in total. The summed E-state index contributed by atoms with van der Waals surface area (Å²) in [6.07, 6.45) is 4.86. The van der Waals surface area contributed by atoms with E-state index in [4.69, 9.17) is 26.8 Å². The van der Waals surface area contributed by atoms with Gasteiger partial charge in [-0.1, -0.05) is 11.6 Å². The third kappa shape index (κ3) is 3.79. The Bertz CT molecular complexity index is 364. The fraction of sp³-hybridized carbons (Fsp3) is 0.538. The van der Waals surface area contributed by atoms with Crippen molar-refractivity contribution in [3.63, 3.8) is 0 Å². The molecule has 0 aromatic heterocycles. The summed E-state index contributed by atoms with van der Waals surface area (Å²) < 4.78 is 11.2. The van der Waals surface area contributed by atoms with E-state index >= 15 is 0 Å². The van der Waals surface area contributed by atoms with Gasteiger partial charge in [0.1, 0.15) is 5.75 Å². The van der Waals surface area contributed by atoms with Gasteiger partial charge in [0.2, 0.25) is 0 Å². The van der Waals surface area contributed by atoms with Crippen molar-refractivity contribution >= 4 is 17.3 Å². The highest BCUT2D eigenvalue weighted by Gasteiger charge is 2.14. The molecule has 1 aromatic carbocycles. The van der Waals surface area contributed by atoms with E-state index in [1.807, 2.05) is 6.07 Å². The molecule has 1 saturated heterocycles. The van der Waals surface area contributed by atoms with Gasteiger partial charge in [-0.3, -0.25) is 0 Å². The van der Waals surface area contributed by atoms with Gasteiger partial charge in [-0.05, 0) is 43.9 Å². The molecule has 2 rings (SSSR count). The fourth-order valence-electron chi connectivity index (χ4n) is 2.00. The maximum absolute atomic E-state index is 6.01. The molecule has 3 nitrogen and oxygen atoms in total. The second-order valence-electron chi connectivity index (χ2n) is 4.32. The summed E-state index contributed by atoms with van der Waals surface area (Å²) in [4.78, 5) is 0. The summed E-state index contributed by atoms with van der Waals surface area (Å²) in [5, 5.41) is 0.571. The van der Waals surface area contributed by atoms with Crippen LogP contribution in [-0.4, -0.2) is 19.3 Å². The quantitative estimate of drug-likeness (QED) is 0.649. The number of ether oxygens (including phenoxy) is 2. The maximum atomic E-state index is 6.01. The third-order valence-electron chi connectivity index (χ3n) is 2.91. The van der Waals surface area contributed by atoms with Crippen LogP contribution in [0.25, 0.3) is 0 Å². The van der Waals surface area contributed by atoms with E-state index in [9.17, 15) is 0 Å².